The summed E-state index contributed by atoms with van der Waals surface area (Å²) in [7, 11) is 0. The van der Waals surface area contributed by atoms with Gasteiger partial charge in [-0.05, 0) is 36.3 Å². The molecule has 1 unspecified atom stereocenters. The number of carbonyl (C=O) groups excluding carboxylic acids is 1. The smallest absolute Gasteiger partial charge is 0.221 e. The van der Waals surface area contributed by atoms with Crippen molar-refractivity contribution in [3.8, 4) is 0 Å². The summed E-state index contributed by atoms with van der Waals surface area (Å²) >= 11 is 0. The highest BCUT2D eigenvalue weighted by Crippen LogP contribution is 2.43. The molecule has 1 atom stereocenters. The van der Waals surface area contributed by atoms with E-state index in [1.807, 2.05) is 6.92 Å². The average Bonchev–Trinajstić information content (AvgIpc) is 2.36. The fraction of sp³-hybridized carbons (Fsp3) is 0.632. The summed E-state index contributed by atoms with van der Waals surface area (Å²) in [4.78, 5) is 11.9. The van der Waals surface area contributed by atoms with Gasteiger partial charge in [0.15, 0.2) is 0 Å². The van der Waals surface area contributed by atoms with E-state index in [1.54, 1.807) is 0 Å². The summed E-state index contributed by atoms with van der Waals surface area (Å²) in [5, 5.41) is 3.08. The lowest BCUT2D eigenvalue weighted by molar-refractivity contribution is -0.121. The Bertz CT molecular complexity index is 513. The molecule has 0 aliphatic heterocycles. The number of hydrogen-bond acceptors (Lipinski definition) is 2. The lowest BCUT2D eigenvalue weighted by atomic mass is 9.64. The molecule has 4 heteroatoms. The van der Waals surface area contributed by atoms with Gasteiger partial charge in [0, 0.05) is 24.4 Å². The van der Waals surface area contributed by atoms with Crippen LogP contribution in [0.5, 0.6) is 0 Å². The second-order valence-corrected chi connectivity index (χ2v) is 7.92. The standard InChI is InChI=1S/C19H30N2O.ClH/c1-14(20)12-17(22)21-13-19(10-5-11-19)16-8-6-15(7-9-16)18(2,3)4;/h6-9,14H,5,10-13,20H2,1-4H3,(H,21,22);1H. The molecule has 1 amide bonds. The first-order chi connectivity index (χ1) is 10.2. The van der Waals surface area contributed by atoms with Crippen LogP contribution in [0.4, 0.5) is 0 Å². The van der Waals surface area contributed by atoms with Gasteiger partial charge in [0.2, 0.25) is 5.91 Å². The molecule has 0 aromatic heterocycles. The van der Waals surface area contributed by atoms with Gasteiger partial charge in [-0.15, -0.1) is 12.4 Å². The Morgan fingerprint density at radius 2 is 1.83 bits per heavy atom. The normalized spacial score (nSPS) is 17.6. The molecule has 3 nitrogen and oxygen atoms in total. The molecule has 0 bridgehead atoms. The summed E-state index contributed by atoms with van der Waals surface area (Å²) in [6, 6.07) is 8.89. The topological polar surface area (TPSA) is 55.1 Å². The van der Waals surface area contributed by atoms with Crippen LogP contribution in [0.1, 0.15) is 64.5 Å². The molecule has 1 fully saturated rings. The number of benzene rings is 1. The zero-order chi connectivity index (χ0) is 16.4. The minimum absolute atomic E-state index is 0. The van der Waals surface area contributed by atoms with Gasteiger partial charge in [-0.2, -0.15) is 0 Å². The van der Waals surface area contributed by atoms with Crippen LogP contribution in [0, 0.1) is 0 Å². The van der Waals surface area contributed by atoms with Gasteiger partial charge in [0.25, 0.3) is 0 Å². The largest absolute Gasteiger partial charge is 0.355 e. The van der Waals surface area contributed by atoms with E-state index in [-0.39, 0.29) is 35.2 Å². The highest BCUT2D eigenvalue weighted by molar-refractivity contribution is 5.85. The second-order valence-electron chi connectivity index (χ2n) is 7.92. The van der Waals surface area contributed by atoms with Gasteiger partial charge >= 0.3 is 0 Å². The second kappa shape index (κ2) is 7.67. The summed E-state index contributed by atoms with van der Waals surface area (Å²) in [5.74, 6) is 0.0626. The Kier molecular flexibility index (Phi) is 6.67. The SMILES string of the molecule is CC(N)CC(=O)NCC1(c2ccc(C(C)(C)C)cc2)CCC1.Cl. The van der Waals surface area contributed by atoms with Crippen molar-refractivity contribution in [2.75, 3.05) is 6.54 Å². The van der Waals surface area contributed by atoms with E-state index < -0.39 is 0 Å². The van der Waals surface area contributed by atoms with Crippen molar-refractivity contribution in [3.63, 3.8) is 0 Å². The van der Waals surface area contributed by atoms with Crippen molar-refractivity contribution in [3.05, 3.63) is 35.4 Å². The minimum atomic E-state index is -0.0802. The molecule has 0 spiro atoms. The molecule has 1 aromatic rings. The van der Waals surface area contributed by atoms with E-state index in [4.69, 9.17) is 5.73 Å². The summed E-state index contributed by atoms with van der Waals surface area (Å²) in [5.41, 5.74) is 8.70. The minimum Gasteiger partial charge on any atom is -0.355 e. The van der Waals surface area contributed by atoms with Crippen molar-refractivity contribution in [2.24, 2.45) is 5.73 Å². The van der Waals surface area contributed by atoms with Crippen molar-refractivity contribution in [2.45, 2.75) is 70.3 Å². The molecule has 1 aliphatic rings. The number of carbonyl (C=O) groups is 1. The van der Waals surface area contributed by atoms with Crippen molar-refractivity contribution in [1.29, 1.82) is 0 Å². The van der Waals surface area contributed by atoms with Gasteiger partial charge in [-0.3, -0.25) is 4.79 Å². The Labute approximate surface area is 146 Å². The zero-order valence-corrected chi connectivity index (χ0v) is 15.6. The Balaban J connectivity index is 0.00000264. The van der Waals surface area contributed by atoms with Crippen LogP contribution in [0.25, 0.3) is 0 Å². The monoisotopic (exact) mass is 338 g/mol. The van der Waals surface area contributed by atoms with Crippen molar-refractivity contribution in [1.82, 2.24) is 5.32 Å². The van der Waals surface area contributed by atoms with Gasteiger partial charge in [0.05, 0.1) is 0 Å². The van der Waals surface area contributed by atoms with Crippen LogP contribution in [0.2, 0.25) is 0 Å². The van der Waals surface area contributed by atoms with E-state index in [1.165, 1.54) is 17.5 Å². The van der Waals surface area contributed by atoms with Crippen LogP contribution in [-0.2, 0) is 15.6 Å². The average molecular weight is 339 g/mol. The zero-order valence-electron chi connectivity index (χ0n) is 14.8. The first kappa shape index (κ1) is 20.0. The van der Waals surface area contributed by atoms with Gasteiger partial charge in [-0.25, -0.2) is 0 Å². The molecule has 3 N–H and O–H groups in total. The predicted molar refractivity (Wildman–Crippen MR) is 99.2 cm³/mol. The van der Waals surface area contributed by atoms with Crippen LogP contribution >= 0.6 is 12.4 Å². The first-order valence-electron chi connectivity index (χ1n) is 8.36. The predicted octanol–water partition coefficient (Wildman–Crippen LogP) is 3.68. The van der Waals surface area contributed by atoms with E-state index in [0.29, 0.717) is 6.42 Å². The fourth-order valence-corrected chi connectivity index (χ4v) is 3.13. The molecule has 0 saturated heterocycles. The molecule has 23 heavy (non-hydrogen) atoms. The van der Waals surface area contributed by atoms with Crippen LogP contribution in [0.3, 0.4) is 0 Å². The lowest BCUT2D eigenvalue weighted by Crippen LogP contribution is -2.46. The molecular weight excluding hydrogens is 308 g/mol. The number of amides is 1. The quantitative estimate of drug-likeness (QED) is 0.860. The molecule has 1 aliphatic carbocycles. The number of nitrogens with two attached hydrogens (primary N) is 1. The van der Waals surface area contributed by atoms with E-state index in [9.17, 15) is 4.79 Å². The third kappa shape index (κ3) is 4.95. The Morgan fingerprint density at radius 3 is 2.22 bits per heavy atom. The molecule has 2 rings (SSSR count). The van der Waals surface area contributed by atoms with Gasteiger partial charge < -0.3 is 11.1 Å². The molecule has 0 heterocycles. The molecule has 1 saturated carbocycles. The van der Waals surface area contributed by atoms with Crippen molar-refractivity contribution >= 4 is 18.3 Å². The van der Waals surface area contributed by atoms with Crippen LogP contribution in [-0.4, -0.2) is 18.5 Å². The third-order valence-corrected chi connectivity index (χ3v) is 4.81. The van der Waals surface area contributed by atoms with E-state index in [0.717, 1.165) is 19.4 Å². The summed E-state index contributed by atoms with van der Waals surface area (Å²) in [6.07, 6.45) is 3.95. The number of rotatable bonds is 5. The van der Waals surface area contributed by atoms with E-state index >= 15 is 0 Å². The lowest BCUT2D eigenvalue weighted by Gasteiger charge is -2.43. The number of nitrogens with one attached hydrogen (secondary N) is 1. The maximum atomic E-state index is 11.9. The Morgan fingerprint density at radius 1 is 1.26 bits per heavy atom. The third-order valence-electron chi connectivity index (χ3n) is 4.81. The fourth-order valence-electron chi connectivity index (χ4n) is 3.13. The molecule has 1 aromatic carbocycles. The van der Waals surface area contributed by atoms with Gasteiger partial charge in [0.1, 0.15) is 0 Å². The van der Waals surface area contributed by atoms with Crippen LogP contribution in [0.15, 0.2) is 24.3 Å². The Hall–Kier alpha value is -1.06. The molecular formula is C19H31ClN2O. The van der Waals surface area contributed by atoms with Gasteiger partial charge in [-0.1, -0.05) is 51.5 Å². The summed E-state index contributed by atoms with van der Waals surface area (Å²) in [6.45, 7) is 9.29. The number of halogens is 1. The highest BCUT2D eigenvalue weighted by Gasteiger charge is 2.38. The molecule has 0 radical (unpaired) electrons. The molecule has 130 valence electrons. The van der Waals surface area contributed by atoms with E-state index in [2.05, 4.69) is 50.4 Å². The van der Waals surface area contributed by atoms with Crippen LogP contribution < -0.4 is 11.1 Å². The van der Waals surface area contributed by atoms with Crippen molar-refractivity contribution < 1.29 is 4.79 Å². The maximum absolute atomic E-state index is 11.9. The summed E-state index contributed by atoms with van der Waals surface area (Å²) < 4.78 is 0. The maximum Gasteiger partial charge on any atom is 0.221 e. The first-order valence-corrected chi connectivity index (χ1v) is 8.36. The number of hydrogen-bond donors (Lipinski definition) is 2. The highest BCUT2D eigenvalue weighted by atomic mass is 35.5.